The van der Waals surface area contributed by atoms with Crippen LogP contribution in [0, 0.1) is 6.92 Å². The molecule has 1 aliphatic heterocycles. The molecule has 10 nitrogen and oxygen atoms in total. The Morgan fingerprint density at radius 2 is 1.57 bits per heavy atom. The van der Waals surface area contributed by atoms with Crippen molar-refractivity contribution in [3.05, 3.63) is 122 Å². The molecule has 10 heteroatoms. The van der Waals surface area contributed by atoms with Gasteiger partial charge in [0.15, 0.2) is 11.5 Å². The van der Waals surface area contributed by atoms with E-state index in [0.29, 0.717) is 22.9 Å². The minimum Gasteiger partial charge on any atom is -0.485 e. The quantitative estimate of drug-likeness (QED) is 0.402. The van der Waals surface area contributed by atoms with Crippen molar-refractivity contribution in [2.24, 2.45) is 0 Å². The molecule has 0 aliphatic carbocycles. The summed E-state index contributed by atoms with van der Waals surface area (Å²) in [6, 6.07) is 20.8. The number of likely N-dealkylation sites (N-methyl/N-ethyl adjacent to an activating group) is 1. The molecule has 1 atom stereocenters. The van der Waals surface area contributed by atoms with Crippen LogP contribution >= 0.6 is 0 Å². The molecule has 1 unspecified atom stereocenters. The molecule has 188 valence electrons. The number of hydrogen-bond acceptors (Lipinski definition) is 7. The number of para-hydroxylation sites is 1. The van der Waals surface area contributed by atoms with Crippen molar-refractivity contribution < 1.29 is 9.47 Å². The Balaban J connectivity index is 1.58. The van der Waals surface area contributed by atoms with Gasteiger partial charge >= 0.3 is 17.1 Å². The van der Waals surface area contributed by atoms with Gasteiger partial charge in [0.05, 0.1) is 11.4 Å². The number of benzene rings is 3. The highest BCUT2D eigenvalue weighted by atomic mass is 16.5. The maximum atomic E-state index is 13.4. The zero-order valence-corrected chi connectivity index (χ0v) is 20.3. The summed E-state index contributed by atoms with van der Waals surface area (Å²) in [6.07, 6.45) is 3.60. The van der Waals surface area contributed by atoms with Gasteiger partial charge in [0, 0.05) is 25.5 Å². The topological polar surface area (TPSA) is 111 Å². The Labute approximate surface area is 211 Å². The van der Waals surface area contributed by atoms with Gasteiger partial charge in [0.2, 0.25) is 0 Å². The van der Waals surface area contributed by atoms with Crippen LogP contribution in [0.5, 0.6) is 17.2 Å². The second-order valence-corrected chi connectivity index (χ2v) is 8.55. The van der Waals surface area contributed by atoms with Crippen molar-refractivity contribution in [3.63, 3.8) is 0 Å². The number of aryl methyl sites for hydroxylation is 1. The van der Waals surface area contributed by atoms with E-state index in [2.05, 4.69) is 10.3 Å². The molecule has 0 radical (unpaired) electrons. The van der Waals surface area contributed by atoms with E-state index in [1.54, 1.807) is 48.5 Å². The van der Waals surface area contributed by atoms with E-state index in [4.69, 9.17) is 9.47 Å². The predicted octanol–water partition coefficient (Wildman–Crippen LogP) is 2.49. The van der Waals surface area contributed by atoms with Crippen molar-refractivity contribution in [2.45, 2.75) is 13.1 Å². The molecule has 0 spiro atoms. The SMILES string of the molecule is Cc1cccc(-n2c(=O)[nH]c(=O)n(-c3ccc(Oc4ccccc4)c(OCC4NC=CN4C)c3)c2=O)c1. The standard InChI is InChI=1S/C27H25N5O5/c1-18-7-6-8-19(15-18)31-25(33)29-26(34)32(27(31)35)20-11-12-22(37-21-9-4-3-5-10-21)23(16-20)36-17-24-28-13-14-30(24)2/h3-16,24,28H,17H2,1-2H3,(H,29,33,34). The largest absolute Gasteiger partial charge is 0.485 e. The Morgan fingerprint density at radius 1 is 0.838 bits per heavy atom. The molecular weight excluding hydrogens is 474 g/mol. The van der Waals surface area contributed by atoms with Gasteiger partial charge in [-0.2, -0.15) is 0 Å². The van der Waals surface area contributed by atoms with Crippen LogP contribution in [0.4, 0.5) is 0 Å². The van der Waals surface area contributed by atoms with E-state index in [1.165, 1.54) is 0 Å². The number of aromatic nitrogens is 3. The fourth-order valence-electron chi connectivity index (χ4n) is 3.98. The molecular formula is C27H25N5O5. The second-order valence-electron chi connectivity index (χ2n) is 8.55. The fourth-order valence-corrected chi connectivity index (χ4v) is 3.98. The number of ether oxygens (including phenoxy) is 2. The summed E-state index contributed by atoms with van der Waals surface area (Å²) in [5, 5.41) is 3.18. The smallest absolute Gasteiger partial charge is 0.345 e. The molecule has 0 bridgehead atoms. The highest BCUT2D eigenvalue weighted by molar-refractivity contribution is 5.50. The highest BCUT2D eigenvalue weighted by Crippen LogP contribution is 2.33. The van der Waals surface area contributed by atoms with Crippen molar-refractivity contribution in [3.8, 4) is 28.6 Å². The summed E-state index contributed by atoms with van der Waals surface area (Å²) in [6.45, 7) is 2.10. The van der Waals surface area contributed by atoms with Crippen LogP contribution in [0.3, 0.4) is 0 Å². The minimum absolute atomic E-state index is 0.109. The normalized spacial score (nSPS) is 14.4. The summed E-state index contributed by atoms with van der Waals surface area (Å²) in [7, 11) is 1.91. The Hall–Kier alpha value is -4.99. The number of aromatic amines is 1. The van der Waals surface area contributed by atoms with E-state index < -0.39 is 17.1 Å². The van der Waals surface area contributed by atoms with Crippen molar-refractivity contribution in [1.29, 1.82) is 0 Å². The van der Waals surface area contributed by atoms with E-state index in [0.717, 1.165) is 14.7 Å². The zero-order valence-electron chi connectivity index (χ0n) is 20.3. The van der Waals surface area contributed by atoms with E-state index in [9.17, 15) is 14.4 Å². The fraction of sp³-hybridized carbons (Fsp3) is 0.148. The monoisotopic (exact) mass is 499 g/mol. The summed E-state index contributed by atoms with van der Waals surface area (Å²) in [5.74, 6) is 1.32. The van der Waals surface area contributed by atoms with Crippen LogP contribution in [0.1, 0.15) is 5.56 Å². The summed E-state index contributed by atoms with van der Waals surface area (Å²) in [4.78, 5) is 43.0. The lowest BCUT2D eigenvalue weighted by Gasteiger charge is -2.22. The van der Waals surface area contributed by atoms with Crippen LogP contribution in [-0.2, 0) is 0 Å². The van der Waals surface area contributed by atoms with Gasteiger partial charge in [0.25, 0.3) is 0 Å². The van der Waals surface area contributed by atoms with Crippen LogP contribution in [0.2, 0.25) is 0 Å². The van der Waals surface area contributed by atoms with Gasteiger partial charge < -0.3 is 19.7 Å². The first-order chi connectivity index (χ1) is 17.9. The lowest BCUT2D eigenvalue weighted by molar-refractivity contribution is 0.195. The summed E-state index contributed by atoms with van der Waals surface area (Å²) < 4.78 is 13.9. The molecule has 5 rings (SSSR count). The Kier molecular flexibility index (Phi) is 6.38. The molecule has 3 aromatic carbocycles. The zero-order chi connectivity index (χ0) is 25.9. The Morgan fingerprint density at radius 3 is 2.24 bits per heavy atom. The first kappa shape index (κ1) is 23.7. The third kappa shape index (κ3) is 4.90. The molecule has 0 saturated heterocycles. The molecule has 0 amide bonds. The third-order valence-corrected chi connectivity index (χ3v) is 5.91. The Bertz CT molecular complexity index is 1640. The lowest BCUT2D eigenvalue weighted by atomic mass is 10.2. The first-order valence-corrected chi connectivity index (χ1v) is 11.6. The average Bonchev–Trinajstić information content (AvgIpc) is 3.29. The van der Waals surface area contributed by atoms with E-state index in [-0.39, 0.29) is 18.5 Å². The summed E-state index contributed by atoms with van der Waals surface area (Å²) >= 11 is 0. The van der Waals surface area contributed by atoms with Crippen molar-refractivity contribution in [1.82, 2.24) is 24.3 Å². The van der Waals surface area contributed by atoms with Gasteiger partial charge in [-0.1, -0.05) is 30.3 Å². The molecule has 1 aromatic heterocycles. The van der Waals surface area contributed by atoms with Crippen LogP contribution in [0.15, 0.2) is 99.6 Å². The highest BCUT2D eigenvalue weighted by Gasteiger charge is 2.19. The molecule has 0 saturated carbocycles. The lowest BCUT2D eigenvalue weighted by Crippen LogP contribution is -2.48. The van der Waals surface area contributed by atoms with Gasteiger partial charge in [-0.15, -0.1) is 0 Å². The maximum Gasteiger partial charge on any atom is 0.345 e. The van der Waals surface area contributed by atoms with E-state index >= 15 is 0 Å². The van der Waals surface area contributed by atoms with Crippen LogP contribution in [0.25, 0.3) is 11.4 Å². The predicted molar refractivity (Wildman–Crippen MR) is 139 cm³/mol. The second kappa shape index (κ2) is 9.94. The van der Waals surface area contributed by atoms with E-state index in [1.807, 2.05) is 55.5 Å². The number of rotatable bonds is 7. The van der Waals surface area contributed by atoms with Crippen LogP contribution in [-0.4, -0.2) is 38.8 Å². The number of nitrogens with one attached hydrogen (secondary N) is 2. The molecule has 2 heterocycles. The van der Waals surface area contributed by atoms with Crippen LogP contribution < -0.4 is 31.9 Å². The number of nitrogens with zero attached hydrogens (tertiary/aromatic N) is 3. The molecule has 1 aliphatic rings. The maximum absolute atomic E-state index is 13.4. The first-order valence-electron chi connectivity index (χ1n) is 11.6. The third-order valence-electron chi connectivity index (χ3n) is 5.91. The van der Waals surface area contributed by atoms with Crippen molar-refractivity contribution in [2.75, 3.05) is 13.7 Å². The summed E-state index contributed by atoms with van der Waals surface area (Å²) in [5.41, 5.74) is -1.05. The molecule has 0 fully saturated rings. The number of H-pyrrole nitrogens is 1. The number of hydrogen-bond donors (Lipinski definition) is 2. The van der Waals surface area contributed by atoms with Gasteiger partial charge in [0.1, 0.15) is 18.5 Å². The van der Waals surface area contributed by atoms with Crippen molar-refractivity contribution >= 4 is 0 Å². The average molecular weight is 500 g/mol. The molecule has 4 aromatic rings. The molecule has 37 heavy (non-hydrogen) atoms. The van der Waals surface area contributed by atoms with Gasteiger partial charge in [-0.25, -0.2) is 23.5 Å². The minimum atomic E-state index is -0.858. The van der Waals surface area contributed by atoms with Gasteiger partial charge in [-0.3, -0.25) is 4.98 Å². The van der Waals surface area contributed by atoms with Gasteiger partial charge in [-0.05, 0) is 48.9 Å². The molecule has 2 N–H and O–H groups in total.